The molecule has 2 aliphatic heterocycles. The van der Waals surface area contributed by atoms with Gasteiger partial charge >= 0.3 is 0 Å². The van der Waals surface area contributed by atoms with E-state index in [0.717, 1.165) is 45.3 Å². The molecule has 1 aliphatic carbocycles. The quantitative estimate of drug-likeness (QED) is 0.666. The summed E-state index contributed by atoms with van der Waals surface area (Å²) in [6, 6.07) is 6.47. The van der Waals surface area contributed by atoms with Crippen molar-refractivity contribution in [1.82, 2.24) is 19.1 Å². The van der Waals surface area contributed by atoms with Crippen LogP contribution >= 0.6 is 11.3 Å². The molecular formula is C23H30N4O3S2. The van der Waals surface area contributed by atoms with Crippen LogP contribution in [0, 0.1) is 0 Å². The maximum absolute atomic E-state index is 13.0. The lowest BCUT2D eigenvalue weighted by Gasteiger charge is -2.34. The van der Waals surface area contributed by atoms with Crippen LogP contribution in [0.1, 0.15) is 51.6 Å². The maximum Gasteiger partial charge on any atom is 0.253 e. The van der Waals surface area contributed by atoms with Gasteiger partial charge < -0.3 is 4.90 Å². The van der Waals surface area contributed by atoms with E-state index < -0.39 is 10.0 Å². The highest BCUT2D eigenvalue weighted by Gasteiger charge is 2.27. The highest BCUT2D eigenvalue weighted by Crippen LogP contribution is 2.28. The molecule has 0 atom stereocenters. The van der Waals surface area contributed by atoms with Crippen LogP contribution in [0.2, 0.25) is 0 Å². The molecule has 5 rings (SSSR count). The van der Waals surface area contributed by atoms with Crippen molar-refractivity contribution < 1.29 is 13.2 Å². The van der Waals surface area contributed by atoms with E-state index in [-0.39, 0.29) is 10.8 Å². The number of hydrogen-bond donors (Lipinski definition) is 0. The van der Waals surface area contributed by atoms with Gasteiger partial charge in [0, 0.05) is 49.7 Å². The molecule has 1 aromatic carbocycles. The van der Waals surface area contributed by atoms with E-state index in [1.54, 1.807) is 28.6 Å². The van der Waals surface area contributed by atoms with Gasteiger partial charge in [-0.1, -0.05) is 6.42 Å². The normalized spacial score (nSPS) is 20.4. The Morgan fingerprint density at radius 1 is 0.906 bits per heavy atom. The van der Waals surface area contributed by atoms with Crippen molar-refractivity contribution in [1.29, 1.82) is 0 Å². The fourth-order valence-corrected chi connectivity index (χ4v) is 7.53. The van der Waals surface area contributed by atoms with Crippen LogP contribution in [-0.4, -0.2) is 72.7 Å². The Morgan fingerprint density at radius 2 is 1.62 bits per heavy atom. The van der Waals surface area contributed by atoms with E-state index in [1.807, 2.05) is 16.2 Å². The molecule has 2 aromatic rings. The molecule has 9 heteroatoms. The summed E-state index contributed by atoms with van der Waals surface area (Å²) in [5.74, 6) is -0.0280. The topological polar surface area (TPSA) is 73.8 Å². The molecule has 0 unspecified atom stereocenters. The van der Waals surface area contributed by atoms with Gasteiger partial charge in [0.2, 0.25) is 10.0 Å². The van der Waals surface area contributed by atoms with Gasteiger partial charge in [0.05, 0.1) is 17.1 Å². The van der Waals surface area contributed by atoms with E-state index >= 15 is 0 Å². The van der Waals surface area contributed by atoms with Crippen molar-refractivity contribution in [3.05, 3.63) is 45.4 Å². The molecule has 2 fully saturated rings. The van der Waals surface area contributed by atoms with Crippen molar-refractivity contribution in [2.45, 2.75) is 50.0 Å². The Bertz CT molecular complexity index is 1050. The first-order valence-electron chi connectivity index (χ1n) is 11.6. The van der Waals surface area contributed by atoms with E-state index in [1.165, 1.54) is 28.4 Å². The SMILES string of the molecule is O=C(c1ccc(S(=O)(=O)N2CCCCC2)cc1)N1CCN(Cc2nc3c(s2)CCC3)CC1. The van der Waals surface area contributed by atoms with Crippen LogP contribution in [0.25, 0.3) is 0 Å². The van der Waals surface area contributed by atoms with Crippen molar-refractivity contribution in [2.24, 2.45) is 0 Å². The summed E-state index contributed by atoms with van der Waals surface area (Å²) in [7, 11) is -3.47. The molecule has 7 nitrogen and oxygen atoms in total. The van der Waals surface area contributed by atoms with Gasteiger partial charge in [-0.05, 0) is 56.4 Å². The molecule has 172 valence electrons. The number of hydrogen-bond acceptors (Lipinski definition) is 6. The second kappa shape index (κ2) is 9.21. The van der Waals surface area contributed by atoms with Crippen molar-refractivity contribution in [3.63, 3.8) is 0 Å². The van der Waals surface area contributed by atoms with Crippen molar-refractivity contribution in [2.75, 3.05) is 39.3 Å². The van der Waals surface area contributed by atoms with Crippen molar-refractivity contribution in [3.8, 4) is 0 Å². The monoisotopic (exact) mass is 474 g/mol. The predicted octanol–water partition coefficient (Wildman–Crippen LogP) is 2.76. The Labute approximate surface area is 194 Å². The molecule has 0 N–H and O–H groups in total. The molecule has 0 spiro atoms. The average Bonchev–Trinajstić information content (AvgIpc) is 3.42. The van der Waals surface area contributed by atoms with Gasteiger partial charge in [-0.25, -0.2) is 13.4 Å². The number of rotatable bonds is 5. The fourth-order valence-electron chi connectivity index (χ4n) is 4.82. The van der Waals surface area contributed by atoms with Gasteiger partial charge in [0.15, 0.2) is 0 Å². The van der Waals surface area contributed by atoms with Gasteiger partial charge in [-0.15, -0.1) is 11.3 Å². The number of carbonyl (C=O) groups excluding carboxylic acids is 1. The number of thiazole rings is 1. The standard InChI is InChI=1S/C23H30N4O3S2/c28-23(18-7-9-19(10-8-18)32(29,30)27-11-2-1-3-12-27)26-15-13-25(14-16-26)17-22-24-20-5-4-6-21(20)31-22/h7-10H,1-6,11-17H2. The molecule has 0 radical (unpaired) electrons. The lowest BCUT2D eigenvalue weighted by atomic mass is 10.2. The summed E-state index contributed by atoms with van der Waals surface area (Å²) in [5, 5.41) is 1.19. The number of benzene rings is 1. The average molecular weight is 475 g/mol. The summed E-state index contributed by atoms with van der Waals surface area (Å²) < 4.78 is 27.2. The summed E-state index contributed by atoms with van der Waals surface area (Å²) in [5.41, 5.74) is 1.84. The first kappa shape index (κ1) is 22.0. The number of nitrogens with zero attached hydrogens (tertiary/aromatic N) is 4. The fraction of sp³-hybridized carbons (Fsp3) is 0.565. The Kier molecular flexibility index (Phi) is 6.33. The Morgan fingerprint density at radius 3 is 2.31 bits per heavy atom. The molecule has 1 amide bonds. The van der Waals surface area contributed by atoms with Crippen LogP contribution in [-0.2, 0) is 29.4 Å². The third-order valence-electron chi connectivity index (χ3n) is 6.71. The number of aromatic nitrogens is 1. The van der Waals surface area contributed by atoms with Crippen LogP contribution in [0.3, 0.4) is 0 Å². The maximum atomic E-state index is 13.0. The number of sulfonamides is 1. The zero-order valence-electron chi connectivity index (χ0n) is 18.3. The Balaban J connectivity index is 1.17. The molecule has 0 saturated carbocycles. The molecule has 1 aromatic heterocycles. The van der Waals surface area contributed by atoms with Crippen LogP contribution in [0.15, 0.2) is 29.2 Å². The summed E-state index contributed by atoms with van der Waals surface area (Å²) in [6.07, 6.45) is 6.43. The van der Waals surface area contributed by atoms with E-state index in [2.05, 4.69) is 4.90 Å². The van der Waals surface area contributed by atoms with Crippen LogP contribution in [0.4, 0.5) is 0 Å². The number of fused-ring (bicyclic) bond motifs is 1. The highest BCUT2D eigenvalue weighted by molar-refractivity contribution is 7.89. The zero-order valence-corrected chi connectivity index (χ0v) is 20.0. The Hall–Kier alpha value is -1.81. The summed E-state index contributed by atoms with van der Waals surface area (Å²) in [6.45, 7) is 5.04. The minimum atomic E-state index is -3.47. The summed E-state index contributed by atoms with van der Waals surface area (Å²) in [4.78, 5) is 23.7. The molecule has 32 heavy (non-hydrogen) atoms. The first-order valence-corrected chi connectivity index (χ1v) is 13.9. The smallest absolute Gasteiger partial charge is 0.253 e. The second-order valence-corrected chi connectivity index (χ2v) is 12.0. The molecule has 3 aliphatic rings. The van der Waals surface area contributed by atoms with Gasteiger partial charge in [0.1, 0.15) is 5.01 Å². The number of piperazine rings is 1. The highest BCUT2D eigenvalue weighted by atomic mass is 32.2. The van der Waals surface area contributed by atoms with Gasteiger partial charge in [-0.3, -0.25) is 9.69 Å². The largest absolute Gasteiger partial charge is 0.336 e. The van der Waals surface area contributed by atoms with E-state index in [9.17, 15) is 13.2 Å². The molecular weight excluding hydrogens is 444 g/mol. The third-order valence-corrected chi connectivity index (χ3v) is 9.77. The lowest BCUT2D eigenvalue weighted by Crippen LogP contribution is -2.48. The number of amides is 1. The molecule has 2 saturated heterocycles. The predicted molar refractivity (Wildman–Crippen MR) is 124 cm³/mol. The second-order valence-electron chi connectivity index (χ2n) is 8.89. The first-order chi connectivity index (χ1) is 15.5. The minimum absolute atomic E-state index is 0.0280. The third kappa shape index (κ3) is 4.48. The zero-order chi connectivity index (χ0) is 22.1. The van der Waals surface area contributed by atoms with Crippen LogP contribution < -0.4 is 0 Å². The number of aryl methyl sites for hydroxylation is 2. The molecule has 3 heterocycles. The van der Waals surface area contributed by atoms with Crippen LogP contribution in [0.5, 0.6) is 0 Å². The molecule has 0 bridgehead atoms. The van der Waals surface area contributed by atoms with Gasteiger partial charge in [0.25, 0.3) is 5.91 Å². The number of carbonyl (C=O) groups is 1. The summed E-state index contributed by atoms with van der Waals surface area (Å²) >= 11 is 1.85. The van der Waals surface area contributed by atoms with Gasteiger partial charge in [-0.2, -0.15) is 4.31 Å². The minimum Gasteiger partial charge on any atom is -0.336 e. The number of piperidine rings is 1. The van der Waals surface area contributed by atoms with E-state index in [0.29, 0.717) is 31.7 Å². The van der Waals surface area contributed by atoms with E-state index in [4.69, 9.17) is 4.98 Å². The lowest BCUT2D eigenvalue weighted by molar-refractivity contribution is 0.0628. The van der Waals surface area contributed by atoms with Crippen molar-refractivity contribution >= 4 is 27.3 Å².